The summed E-state index contributed by atoms with van der Waals surface area (Å²) < 4.78 is 5.25. The van der Waals surface area contributed by atoms with Gasteiger partial charge in [-0.25, -0.2) is 9.78 Å². The fourth-order valence-corrected chi connectivity index (χ4v) is 2.19. The van der Waals surface area contributed by atoms with E-state index in [2.05, 4.69) is 11.9 Å². The van der Waals surface area contributed by atoms with Crippen LogP contribution in [0.2, 0.25) is 0 Å². The molecule has 0 bridgehead atoms. The average molecular weight is 282 g/mol. The molecule has 0 amide bonds. The Hall–Kier alpha value is -1.36. The Bertz CT molecular complexity index is 438. The molecule has 0 aliphatic heterocycles. The molecule has 1 heterocycles. The van der Waals surface area contributed by atoms with Gasteiger partial charge in [0.25, 0.3) is 0 Å². The first-order valence-corrected chi connectivity index (χ1v) is 7.55. The van der Waals surface area contributed by atoms with Crippen molar-refractivity contribution in [2.75, 3.05) is 5.73 Å². The fourth-order valence-electron chi connectivity index (χ4n) is 1.62. The zero-order chi connectivity index (χ0) is 14.3. The molecule has 1 aromatic heterocycles. The number of hydrogen-bond donors (Lipinski definition) is 1. The number of hydrogen-bond acceptors (Lipinski definition) is 5. The van der Waals surface area contributed by atoms with Crippen LogP contribution in [0.4, 0.5) is 5.13 Å². The molecule has 0 fully saturated rings. The van der Waals surface area contributed by atoms with Crippen molar-refractivity contribution in [3.8, 4) is 0 Å². The molecule has 2 N–H and O–H groups in total. The molecule has 0 saturated heterocycles. The van der Waals surface area contributed by atoms with E-state index >= 15 is 0 Å². The monoisotopic (exact) mass is 282 g/mol. The van der Waals surface area contributed by atoms with E-state index in [9.17, 15) is 4.79 Å². The van der Waals surface area contributed by atoms with Crippen LogP contribution in [0.5, 0.6) is 0 Å². The Morgan fingerprint density at radius 3 is 2.79 bits per heavy atom. The van der Waals surface area contributed by atoms with Gasteiger partial charge >= 0.3 is 5.97 Å². The summed E-state index contributed by atoms with van der Waals surface area (Å²) in [5.74, 6) is -0.322. The Morgan fingerprint density at radius 1 is 1.53 bits per heavy atom. The number of carbonyl (C=O) groups excluding carboxylic acids is 1. The molecular weight excluding hydrogens is 260 g/mol. The number of aromatic nitrogens is 1. The summed E-state index contributed by atoms with van der Waals surface area (Å²) in [4.78, 5) is 16.2. The second kappa shape index (κ2) is 7.94. The van der Waals surface area contributed by atoms with Crippen LogP contribution in [0, 0.1) is 0 Å². The highest BCUT2D eigenvalue weighted by Gasteiger charge is 2.17. The first-order valence-electron chi connectivity index (χ1n) is 6.67. The summed E-state index contributed by atoms with van der Waals surface area (Å²) in [5, 5.41) is 2.26. The molecule has 0 radical (unpaired) electrons. The predicted octanol–water partition coefficient (Wildman–Crippen LogP) is 3.64. The Balaban J connectivity index is 2.81. The minimum atomic E-state index is -0.322. The first kappa shape index (κ1) is 15.7. The molecule has 1 aromatic rings. The smallest absolute Gasteiger partial charge is 0.340 e. The van der Waals surface area contributed by atoms with Gasteiger partial charge in [0.05, 0.1) is 17.4 Å². The normalized spacial score (nSPS) is 11.9. The molecule has 0 spiro atoms. The van der Waals surface area contributed by atoms with Crippen LogP contribution in [-0.4, -0.2) is 17.1 Å². The highest BCUT2D eigenvalue weighted by atomic mass is 32.1. The van der Waals surface area contributed by atoms with E-state index < -0.39 is 0 Å². The molecule has 1 rings (SSSR count). The number of ether oxygens (including phenoxy) is 1. The van der Waals surface area contributed by atoms with Crippen molar-refractivity contribution in [2.24, 2.45) is 0 Å². The number of nitrogens with zero attached hydrogens (tertiary/aromatic N) is 1. The van der Waals surface area contributed by atoms with Crippen molar-refractivity contribution in [2.45, 2.75) is 52.6 Å². The first-order chi connectivity index (χ1) is 9.04. The number of nitrogens with two attached hydrogens (primary N) is 1. The minimum Gasteiger partial charge on any atom is -0.459 e. The number of carbonyl (C=O) groups is 1. The number of unbranched alkanes of at least 4 members (excludes halogenated alkanes) is 3. The largest absolute Gasteiger partial charge is 0.459 e. The number of nitrogen functional groups attached to an aromatic ring is 1. The number of rotatable bonds is 7. The lowest BCUT2D eigenvalue weighted by Gasteiger charge is -2.09. The van der Waals surface area contributed by atoms with Gasteiger partial charge in [-0.3, -0.25) is 0 Å². The summed E-state index contributed by atoms with van der Waals surface area (Å²) in [6.07, 6.45) is 6.01. The summed E-state index contributed by atoms with van der Waals surface area (Å²) in [6, 6.07) is 0. The van der Waals surface area contributed by atoms with Crippen molar-refractivity contribution in [3.63, 3.8) is 0 Å². The lowest BCUT2D eigenvalue weighted by molar-refractivity contribution is -0.140. The van der Waals surface area contributed by atoms with Crippen LogP contribution in [0.25, 0.3) is 5.57 Å². The second-order valence-corrected chi connectivity index (χ2v) is 5.53. The number of allylic oxidation sites excluding steroid dienone is 1. The summed E-state index contributed by atoms with van der Waals surface area (Å²) in [7, 11) is 0. The number of esters is 1. The third kappa shape index (κ3) is 5.42. The molecule has 19 heavy (non-hydrogen) atoms. The maximum Gasteiger partial charge on any atom is 0.340 e. The molecule has 0 aromatic carbocycles. The van der Waals surface area contributed by atoms with E-state index in [1.807, 2.05) is 19.9 Å². The molecule has 5 heteroatoms. The molecule has 0 aliphatic rings. The van der Waals surface area contributed by atoms with E-state index in [-0.39, 0.29) is 12.1 Å². The van der Waals surface area contributed by atoms with E-state index in [4.69, 9.17) is 10.5 Å². The van der Waals surface area contributed by atoms with E-state index in [1.54, 1.807) is 5.38 Å². The van der Waals surface area contributed by atoms with Crippen molar-refractivity contribution in [3.05, 3.63) is 17.2 Å². The van der Waals surface area contributed by atoms with E-state index in [1.165, 1.54) is 11.3 Å². The SMILES string of the molecule is CCCCC/C=C(/C(=O)OC(C)C)c1csc(N)n1. The molecule has 0 unspecified atom stereocenters. The van der Waals surface area contributed by atoms with Gasteiger partial charge in [0.15, 0.2) is 5.13 Å². The maximum absolute atomic E-state index is 12.1. The van der Waals surface area contributed by atoms with E-state index in [0.717, 1.165) is 25.7 Å². The van der Waals surface area contributed by atoms with Crippen molar-refractivity contribution in [1.29, 1.82) is 0 Å². The fraction of sp³-hybridized carbons (Fsp3) is 0.571. The van der Waals surface area contributed by atoms with Crippen molar-refractivity contribution in [1.82, 2.24) is 4.98 Å². The topological polar surface area (TPSA) is 65.2 Å². The number of thiazole rings is 1. The van der Waals surface area contributed by atoms with E-state index in [0.29, 0.717) is 16.4 Å². The van der Waals surface area contributed by atoms with Crippen LogP contribution in [-0.2, 0) is 9.53 Å². The van der Waals surface area contributed by atoms with Gasteiger partial charge in [0.2, 0.25) is 0 Å². The third-order valence-electron chi connectivity index (χ3n) is 2.52. The predicted molar refractivity (Wildman–Crippen MR) is 79.9 cm³/mol. The minimum absolute atomic E-state index is 0.137. The van der Waals surface area contributed by atoms with Crippen LogP contribution < -0.4 is 5.73 Å². The maximum atomic E-state index is 12.1. The summed E-state index contributed by atoms with van der Waals surface area (Å²) >= 11 is 1.33. The number of anilines is 1. The molecule has 4 nitrogen and oxygen atoms in total. The van der Waals surface area contributed by atoms with Gasteiger partial charge in [-0.15, -0.1) is 11.3 Å². The highest BCUT2D eigenvalue weighted by Crippen LogP contribution is 2.22. The van der Waals surface area contributed by atoms with Crippen molar-refractivity contribution >= 4 is 28.0 Å². The van der Waals surface area contributed by atoms with Gasteiger partial charge in [0, 0.05) is 5.38 Å². The summed E-state index contributed by atoms with van der Waals surface area (Å²) in [5.41, 5.74) is 6.76. The van der Waals surface area contributed by atoms with Gasteiger partial charge in [0.1, 0.15) is 0 Å². The van der Waals surface area contributed by atoms with Gasteiger partial charge < -0.3 is 10.5 Å². The van der Waals surface area contributed by atoms with Gasteiger partial charge in [-0.2, -0.15) is 0 Å². The zero-order valence-electron chi connectivity index (χ0n) is 11.8. The molecule has 0 saturated carbocycles. The highest BCUT2D eigenvalue weighted by molar-refractivity contribution is 7.13. The third-order valence-corrected chi connectivity index (χ3v) is 3.19. The van der Waals surface area contributed by atoms with Crippen LogP contribution in [0.1, 0.15) is 52.1 Å². The lowest BCUT2D eigenvalue weighted by Crippen LogP contribution is -2.13. The molecule has 0 atom stereocenters. The van der Waals surface area contributed by atoms with Gasteiger partial charge in [-0.05, 0) is 26.7 Å². The average Bonchev–Trinajstić information content (AvgIpc) is 2.74. The molecule has 106 valence electrons. The quantitative estimate of drug-likeness (QED) is 0.471. The zero-order valence-corrected chi connectivity index (χ0v) is 12.6. The van der Waals surface area contributed by atoms with Crippen molar-refractivity contribution < 1.29 is 9.53 Å². The molecule has 0 aliphatic carbocycles. The van der Waals surface area contributed by atoms with Crippen LogP contribution in [0.15, 0.2) is 11.5 Å². The summed E-state index contributed by atoms with van der Waals surface area (Å²) in [6.45, 7) is 5.82. The Kier molecular flexibility index (Phi) is 6.56. The molecular formula is C14H22N2O2S. The van der Waals surface area contributed by atoms with Crippen LogP contribution >= 0.6 is 11.3 Å². The Morgan fingerprint density at radius 2 is 2.26 bits per heavy atom. The Labute approximate surface area is 118 Å². The van der Waals surface area contributed by atoms with Gasteiger partial charge in [-0.1, -0.05) is 25.8 Å². The second-order valence-electron chi connectivity index (χ2n) is 4.64. The lowest BCUT2D eigenvalue weighted by atomic mass is 10.1. The standard InChI is InChI=1S/C14H22N2O2S/c1-4-5-6-7-8-11(13(17)18-10(2)3)12-9-19-14(15)16-12/h8-10H,4-7H2,1-3H3,(H2,15,16)/b11-8+. The van der Waals surface area contributed by atoms with Crippen LogP contribution in [0.3, 0.4) is 0 Å².